The molecule has 0 atom stereocenters. The normalized spacial score (nSPS) is 20.1. The summed E-state index contributed by atoms with van der Waals surface area (Å²) in [6.45, 7) is 5.23. The Bertz CT molecular complexity index is 731. The van der Waals surface area contributed by atoms with Crippen LogP contribution in [0.1, 0.15) is 63.9 Å². The number of rotatable bonds is 13. The Kier molecular flexibility index (Phi) is 10.7. The fourth-order valence-electron chi connectivity index (χ4n) is 3.71. The van der Waals surface area contributed by atoms with Crippen molar-refractivity contribution >= 4 is 10.0 Å². The maximum absolute atomic E-state index is 12.6. The molecular formula is C22H35F3N2O3S. The Morgan fingerprint density at radius 1 is 1.00 bits per heavy atom. The molecule has 0 aromatic heterocycles. The molecule has 0 amide bonds. The largest absolute Gasteiger partial charge is 0.416 e. The highest BCUT2D eigenvalue weighted by atomic mass is 32.2. The van der Waals surface area contributed by atoms with Crippen molar-refractivity contribution in [1.29, 1.82) is 0 Å². The van der Waals surface area contributed by atoms with E-state index >= 15 is 0 Å². The quantitative estimate of drug-likeness (QED) is 0.414. The van der Waals surface area contributed by atoms with Crippen LogP contribution in [0.4, 0.5) is 13.2 Å². The molecule has 1 aliphatic carbocycles. The van der Waals surface area contributed by atoms with Gasteiger partial charge in [0.15, 0.2) is 0 Å². The highest BCUT2D eigenvalue weighted by Gasteiger charge is 2.31. The van der Waals surface area contributed by atoms with E-state index in [2.05, 4.69) is 17.0 Å². The van der Waals surface area contributed by atoms with Crippen LogP contribution in [0.25, 0.3) is 0 Å². The highest BCUT2D eigenvalue weighted by Crippen LogP contribution is 2.30. The second-order valence-electron chi connectivity index (χ2n) is 8.20. The molecule has 9 heteroatoms. The molecule has 1 saturated carbocycles. The van der Waals surface area contributed by atoms with Gasteiger partial charge in [0, 0.05) is 13.2 Å². The van der Waals surface area contributed by atoms with Crippen molar-refractivity contribution in [3.63, 3.8) is 0 Å². The van der Waals surface area contributed by atoms with Gasteiger partial charge in [-0.05, 0) is 81.8 Å². The molecule has 0 radical (unpaired) electrons. The van der Waals surface area contributed by atoms with Crippen molar-refractivity contribution < 1.29 is 26.3 Å². The second kappa shape index (κ2) is 12.8. The smallest absolute Gasteiger partial charge is 0.378 e. The number of unbranched alkanes of at least 4 members (excludes halogenated alkanes) is 2. The number of hydrogen-bond acceptors (Lipinski definition) is 4. The summed E-state index contributed by atoms with van der Waals surface area (Å²) in [6, 6.07) is 3.57. The van der Waals surface area contributed by atoms with Crippen LogP contribution < -0.4 is 10.0 Å². The van der Waals surface area contributed by atoms with Gasteiger partial charge < -0.3 is 10.1 Å². The van der Waals surface area contributed by atoms with Crippen LogP contribution in [0.2, 0.25) is 0 Å². The molecular weight excluding hydrogens is 429 g/mol. The Morgan fingerprint density at radius 3 is 2.26 bits per heavy atom. The van der Waals surface area contributed by atoms with Gasteiger partial charge in [-0.15, -0.1) is 0 Å². The number of benzene rings is 1. The fraction of sp³-hybridized carbons (Fsp3) is 0.727. The third-order valence-electron chi connectivity index (χ3n) is 5.66. The zero-order valence-corrected chi connectivity index (χ0v) is 19.0. The molecule has 5 nitrogen and oxygen atoms in total. The summed E-state index contributed by atoms with van der Waals surface area (Å²) in [4.78, 5) is -0.152. The molecule has 178 valence electrons. The number of hydrogen-bond donors (Lipinski definition) is 2. The second-order valence-corrected chi connectivity index (χ2v) is 9.97. The summed E-state index contributed by atoms with van der Waals surface area (Å²) >= 11 is 0. The maximum atomic E-state index is 12.6. The van der Waals surface area contributed by atoms with Gasteiger partial charge in [-0.1, -0.05) is 19.8 Å². The van der Waals surface area contributed by atoms with E-state index in [1.54, 1.807) is 0 Å². The number of halogens is 3. The number of ether oxygens (including phenoxy) is 1. The van der Waals surface area contributed by atoms with Crippen molar-refractivity contribution in [2.75, 3.05) is 26.2 Å². The summed E-state index contributed by atoms with van der Waals surface area (Å²) in [6.07, 6.45) is 3.96. The maximum Gasteiger partial charge on any atom is 0.416 e. The molecule has 0 spiro atoms. The van der Waals surface area contributed by atoms with Crippen molar-refractivity contribution in [1.82, 2.24) is 10.0 Å². The van der Waals surface area contributed by atoms with E-state index in [4.69, 9.17) is 4.74 Å². The van der Waals surface area contributed by atoms with Crippen molar-refractivity contribution in [2.45, 2.75) is 75.5 Å². The first-order valence-corrected chi connectivity index (χ1v) is 12.7. The molecule has 0 saturated heterocycles. The Hall–Kier alpha value is -1.16. The Labute approximate surface area is 184 Å². The Balaban J connectivity index is 1.63. The van der Waals surface area contributed by atoms with Crippen LogP contribution in [0, 0.1) is 5.92 Å². The number of nitrogens with one attached hydrogen (secondary N) is 2. The van der Waals surface area contributed by atoms with Crippen molar-refractivity contribution in [3.05, 3.63) is 29.8 Å². The van der Waals surface area contributed by atoms with Crippen LogP contribution in [0.15, 0.2) is 29.2 Å². The first-order valence-electron chi connectivity index (χ1n) is 11.2. The lowest BCUT2D eigenvalue weighted by Crippen LogP contribution is -2.33. The van der Waals surface area contributed by atoms with E-state index in [1.165, 1.54) is 19.3 Å². The minimum Gasteiger partial charge on any atom is -0.378 e. The van der Waals surface area contributed by atoms with Gasteiger partial charge in [0.05, 0.1) is 16.6 Å². The third-order valence-corrected chi connectivity index (χ3v) is 7.10. The molecule has 31 heavy (non-hydrogen) atoms. The van der Waals surface area contributed by atoms with Crippen LogP contribution in [-0.2, 0) is 20.9 Å². The van der Waals surface area contributed by atoms with Crippen LogP contribution >= 0.6 is 0 Å². The fourth-order valence-corrected chi connectivity index (χ4v) is 4.82. The van der Waals surface area contributed by atoms with Gasteiger partial charge in [-0.3, -0.25) is 0 Å². The number of alkyl halides is 3. The zero-order chi connectivity index (χ0) is 22.7. The van der Waals surface area contributed by atoms with E-state index in [0.29, 0.717) is 0 Å². The monoisotopic (exact) mass is 464 g/mol. The molecule has 1 aromatic rings. The summed E-state index contributed by atoms with van der Waals surface area (Å²) < 4.78 is 71.1. The van der Waals surface area contributed by atoms with Gasteiger partial charge in [0.2, 0.25) is 10.0 Å². The van der Waals surface area contributed by atoms with Gasteiger partial charge in [0.1, 0.15) is 0 Å². The van der Waals surface area contributed by atoms with Crippen LogP contribution in [0.3, 0.4) is 0 Å². The van der Waals surface area contributed by atoms with Gasteiger partial charge in [-0.2, -0.15) is 13.2 Å². The van der Waals surface area contributed by atoms with Crippen LogP contribution in [-0.4, -0.2) is 40.8 Å². The highest BCUT2D eigenvalue weighted by molar-refractivity contribution is 7.89. The first-order chi connectivity index (χ1) is 14.7. The number of sulfonamides is 1. The van der Waals surface area contributed by atoms with Gasteiger partial charge in [0.25, 0.3) is 0 Å². The minimum absolute atomic E-state index is 0.152. The SMILES string of the molecule is CCCCCNCCCOC1CCC(CNS(=O)(=O)c2ccc(C(F)(F)F)cc2)CC1. The summed E-state index contributed by atoms with van der Waals surface area (Å²) in [7, 11) is -3.82. The van der Waals surface area contributed by atoms with Crippen molar-refractivity contribution in [3.8, 4) is 0 Å². The Morgan fingerprint density at radius 2 is 1.65 bits per heavy atom. The zero-order valence-electron chi connectivity index (χ0n) is 18.2. The van der Waals surface area contributed by atoms with E-state index in [0.717, 1.165) is 76.1 Å². The molecule has 0 aliphatic heterocycles. The summed E-state index contributed by atoms with van der Waals surface area (Å²) in [5.74, 6) is 0.212. The lowest BCUT2D eigenvalue weighted by atomic mass is 9.87. The molecule has 0 bridgehead atoms. The van der Waals surface area contributed by atoms with Gasteiger partial charge >= 0.3 is 6.18 Å². The predicted molar refractivity (Wildman–Crippen MR) is 115 cm³/mol. The average molecular weight is 465 g/mol. The minimum atomic E-state index is -4.48. The van der Waals surface area contributed by atoms with Crippen LogP contribution in [0.5, 0.6) is 0 Å². The molecule has 0 heterocycles. The molecule has 0 unspecified atom stereocenters. The molecule has 2 N–H and O–H groups in total. The van der Waals surface area contributed by atoms with Crippen molar-refractivity contribution in [2.24, 2.45) is 5.92 Å². The summed E-state index contributed by atoms with van der Waals surface area (Å²) in [5.41, 5.74) is -0.864. The van der Waals surface area contributed by atoms with E-state index < -0.39 is 21.8 Å². The molecule has 1 fully saturated rings. The lowest BCUT2D eigenvalue weighted by Gasteiger charge is -2.28. The van der Waals surface area contributed by atoms with E-state index in [1.807, 2.05) is 0 Å². The summed E-state index contributed by atoms with van der Waals surface area (Å²) in [5, 5.41) is 3.42. The van der Waals surface area contributed by atoms with E-state index in [9.17, 15) is 21.6 Å². The van der Waals surface area contributed by atoms with Gasteiger partial charge in [-0.25, -0.2) is 13.1 Å². The third kappa shape index (κ3) is 9.47. The molecule has 2 rings (SSSR count). The molecule has 1 aromatic carbocycles. The predicted octanol–water partition coefficient (Wildman–Crippen LogP) is 4.73. The van der Waals surface area contributed by atoms with E-state index in [-0.39, 0.29) is 23.5 Å². The average Bonchev–Trinajstić information content (AvgIpc) is 2.74. The molecule has 1 aliphatic rings. The first kappa shape index (κ1) is 26.1. The standard InChI is InChI=1S/C22H35F3N2O3S/c1-2-3-4-14-26-15-5-16-30-20-10-6-18(7-11-20)17-27-31(28,29)21-12-8-19(9-13-21)22(23,24)25/h8-9,12-13,18,20,26-27H,2-7,10-11,14-17H2,1H3. The topological polar surface area (TPSA) is 67.4 Å². The lowest BCUT2D eigenvalue weighted by molar-refractivity contribution is -0.137.